The highest BCUT2D eigenvalue weighted by Gasteiger charge is 2.39. The molecule has 17 heavy (non-hydrogen) atoms. The van der Waals surface area contributed by atoms with E-state index in [2.05, 4.69) is 4.99 Å². The molecule has 0 aromatic heterocycles. The van der Waals surface area contributed by atoms with Gasteiger partial charge in [0.1, 0.15) is 12.5 Å². The van der Waals surface area contributed by atoms with E-state index in [1.807, 2.05) is 0 Å². The van der Waals surface area contributed by atoms with Gasteiger partial charge in [-0.05, 0) is 43.4 Å². The van der Waals surface area contributed by atoms with Crippen LogP contribution < -0.4 is 0 Å². The number of benzene rings is 1. The molecule has 0 bridgehead atoms. The molecule has 1 fully saturated rings. The van der Waals surface area contributed by atoms with Crippen LogP contribution >= 0.6 is 0 Å². The van der Waals surface area contributed by atoms with Gasteiger partial charge in [-0.3, -0.25) is 0 Å². The predicted octanol–water partition coefficient (Wildman–Crippen LogP) is 3.32. The van der Waals surface area contributed by atoms with Crippen LogP contribution in [0.5, 0.6) is 0 Å². The zero-order valence-electron chi connectivity index (χ0n) is 9.59. The van der Waals surface area contributed by atoms with Gasteiger partial charge in [0.05, 0.1) is 5.54 Å². The van der Waals surface area contributed by atoms with Gasteiger partial charge in [0.2, 0.25) is 6.08 Å². The van der Waals surface area contributed by atoms with Crippen LogP contribution in [0.1, 0.15) is 36.0 Å². The second kappa shape index (κ2) is 4.38. The zero-order valence-corrected chi connectivity index (χ0v) is 9.59. The molecule has 0 radical (unpaired) electrons. The minimum absolute atomic E-state index is 0.0818. The van der Waals surface area contributed by atoms with Crippen LogP contribution in [0.3, 0.4) is 0 Å². The standard InChI is InChI=1S/C13H13F2NO/c1-9-5-10(6-12(15)11(9)7-14)13(16-8-17)3-2-4-13/h5-6H,2-4,7H2,1H3. The van der Waals surface area contributed by atoms with Crippen molar-refractivity contribution < 1.29 is 13.6 Å². The molecular formula is C13H13F2NO. The Kier molecular flexibility index (Phi) is 3.07. The summed E-state index contributed by atoms with van der Waals surface area (Å²) in [5, 5.41) is 0. The summed E-state index contributed by atoms with van der Waals surface area (Å²) >= 11 is 0. The molecule has 0 N–H and O–H groups in total. The molecule has 90 valence electrons. The molecule has 0 heterocycles. The van der Waals surface area contributed by atoms with Gasteiger partial charge in [0.15, 0.2) is 0 Å². The predicted molar refractivity (Wildman–Crippen MR) is 59.6 cm³/mol. The minimum atomic E-state index is -0.818. The fourth-order valence-electron chi connectivity index (χ4n) is 2.28. The van der Waals surface area contributed by atoms with Crippen LogP contribution in [0, 0.1) is 12.7 Å². The van der Waals surface area contributed by atoms with E-state index in [9.17, 15) is 13.6 Å². The molecule has 0 atom stereocenters. The molecule has 0 unspecified atom stereocenters. The first kappa shape index (κ1) is 11.9. The summed E-state index contributed by atoms with van der Waals surface area (Å²) in [7, 11) is 0. The van der Waals surface area contributed by atoms with Gasteiger partial charge in [0, 0.05) is 5.56 Å². The molecule has 0 saturated heterocycles. The normalized spacial score (nSPS) is 17.1. The van der Waals surface area contributed by atoms with Crippen molar-refractivity contribution in [1.29, 1.82) is 0 Å². The number of rotatable bonds is 3. The van der Waals surface area contributed by atoms with Crippen molar-refractivity contribution in [2.24, 2.45) is 4.99 Å². The molecule has 1 aromatic carbocycles. The van der Waals surface area contributed by atoms with Crippen LogP contribution in [-0.2, 0) is 17.0 Å². The van der Waals surface area contributed by atoms with Crippen LogP contribution in [-0.4, -0.2) is 6.08 Å². The lowest BCUT2D eigenvalue weighted by Crippen LogP contribution is -2.32. The molecule has 0 aliphatic heterocycles. The first-order valence-corrected chi connectivity index (χ1v) is 5.57. The van der Waals surface area contributed by atoms with Crippen molar-refractivity contribution in [3.8, 4) is 0 Å². The minimum Gasteiger partial charge on any atom is -0.246 e. The number of nitrogens with zero attached hydrogens (tertiary/aromatic N) is 1. The molecule has 1 aliphatic carbocycles. The van der Waals surface area contributed by atoms with Crippen LogP contribution in [0.2, 0.25) is 0 Å². The number of aliphatic imine (C=N–C) groups is 1. The van der Waals surface area contributed by atoms with Gasteiger partial charge in [-0.15, -0.1) is 0 Å². The van der Waals surface area contributed by atoms with E-state index in [1.54, 1.807) is 19.1 Å². The monoisotopic (exact) mass is 237 g/mol. The molecule has 1 aromatic rings. The highest BCUT2D eigenvalue weighted by atomic mass is 19.1. The van der Waals surface area contributed by atoms with E-state index in [1.165, 1.54) is 6.07 Å². The average molecular weight is 237 g/mol. The Morgan fingerprint density at radius 3 is 2.59 bits per heavy atom. The Labute approximate surface area is 98.4 Å². The van der Waals surface area contributed by atoms with E-state index >= 15 is 0 Å². The molecule has 2 nitrogen and oxygen atoms in total. The summed E-state index contributed by atoms with van der Waals surface area (Å²) < 4.78 is 26.3. The fourth-order valence-corrected chi connectivity index (χ4v) is 2.28. The fraction of sp³-hybridized carbons (Fsp3) is 0.462. The second-order valence-corrected chi connectivity index (χ2v) is 4.48. The quantitative estimate of drug-likeness (QED) is 0.585. The summed E-state index contributed by atoms with van der Waals surface area (Å²) in [5.41, 5.74) is 0.676. The van der Waals surface area contributed by atoms with Crippen molar-refractivity contribution in [3.63, 3.8) is 0 Å². The summed E-state index contributed by atoms with van der Waals surface area (Å²) in [6.07, 6.45) is 3.95. The SMILES string of the molecule is Cc1cc(C2(N=C=O)CCC2)cc(F)c1CF. The molecule has 2 rings (SSSR count). The Hall–Kier alpha value is -1.54. The van der Waals surface area contributed by atoms with Crippen molar-refractivity contribution in [2.45, 2.75) is 38.4 Å². The van der Waals surface area contributed by atoms with Crippen molar-refractivity contribution in [3.05, 3.63) is 34.6 Å². The largest absolute Gasteiger partial charge is 0.246 e. The summed E-state index contributed by atoms with van der Waals surface area (Å²) in [6, 6.07) is 3.01. The number of carbonyl (C=O) groups excluding carboxylic acids is 1. The summed E-state index contributed by atoms with van der Waals surface area (Å²) in [4.78, 5) is 14.2. The summed E-state index contributed by atoms with van der Waals surface area (Å²) in [5.74, 6) is -0.560. The summed E-state index contributed by atoms with van der Waals surface area (Å²) in [6.45, 7) is 0.848. The van der Waals surface area contributed by atoms with Crippen LogP contribution in [0.25, 0.3) is 0 Å². The van der Waals surface area contributed by atoms with E-state index in [0.717, 1.165) is 19.3 Å². The van der Waals surface area contributed by atoms with E-state index in [-0.39, 0.29) is 5.56 Å². The molecule has 1 saturated carbocycles. The van der Waals surface area contributed by atoms with Gasteiger partial charge < -0.3 is 0 Å². The van der Waals surface area contributed by atoms with Gasteiger partial charge >= 0.3 is 0 Å². The molecule has 0 amide bonds. The van der Waals surface area contributed by atoms with Crippen molar-refractivity contribution >= 4 is 6.08 Å². The number of alkyl halides is 1. The van der Waals surface area contributed by atoms with Gasteiger partial charge in [-0.2, -0.15) is 4.99 Å². The molecule has 0 spiro atoms. The highest BCUT2D eigenvalue weighted by Crippen LogP contribution is 2.45. The molecular weight excluding hydrogens is 224 g/mol. The maximum Gasteiger partial charge on any atom is 0.235 e. The number of halogens is 2. The van der Waals surface area contributed by atoms with E-state index in [4.69, 9.17) is 0 Å². The molecule has 1 aliphatic rings. The number of aryl methyl sites for hydroxylation is 1. The maximum absolute atomic E-state index is 13.7. The average Bonchev–Trinajstić information content (AvgIpc) is 2.23. The first-order chi connectivity index (χ1) is 8.13. The van der Waals surface area contributed by atoms with Crippen molar-refractivity contribution in [1.82, 2.24) is 0 Å². The first-order valence-electron chi connectivity index (χ1n) is 5.57. The zero-order chi connectivity index (χ0) is 12.5. The lowest BCUT2D eigenvalue weighted by atomic mass is 9.72. The number of hydrogen-bond acceptors (Lipinski definition) is 2. The van der Waals surface area contributed by atoms with Crippen LogP contribution in [0.4, 0.5) is 8.78 Å². The Balaban J connectivity index is 2.49. The third-order valence-electron chi connectivity index (χ3n) is 3.53. The maximum atomic E-state index is 13.7. The topological polar surface area (TPSA) is 29.4 Å². The molecule has 4 heteroatoms. The van der Waals surface area contributed by atoms with Crippen molar-refractivity contribution in [2.75, 3.05) is 0 Å². The Bertz CT molecular complexity index is 465. The van der Waals surface area contributed by atoms with Gasteiger partial charge in [-0.25, -0.2) is 13.6 Å². The van der Waals surface area contributed by atoms with Crippen LogP contribution in [0.15, 0.2) is 17.1 Å². The lowest BCUT2D eigenvalue weighted by molar-refractivity contribution is 0.254. The lowest BCUT2D eigenvalue weighted by Gasteiger charge is -2.37. The van der Waals surface area contributed by atoms with E-state index < -0.39 is 18.0 Å². The Morgan fingerprint density at radius 2 is 2.18 bits per heavy atom. The van der Waals surface area contributed by atoms with E-state index in [0.29, 0.717) is 11.1 Å². The highest BCUT2D eigenvalue weighted by molar-refractivity contribution is 5.42. The smallest absolute Gasteiger partial charge is 0.235 e. The van der Waals surface area contributed by atoms with Gasteiger partial charge in [0.25, 0.3) is 0 Å². The third kappa shape index (κ3) is 1.89. The van der Waals surface area contributed by atoms with Gasteiger partial charge in [-0.1, -0.05) is 6.07 Å². The third-order valence-corrected chi connectivity index (χ3v) is 3.53. The Morgan fingerprint density at radius 1 is 1.47 bits per heavy atom. The number of isocyanates is 1. The second-order valence-electron chi connectivity index (χ2n) is 4.48. The number of hydrogen-bond donors (Lipinski definition) is 0.